The summed E-state index contributed by atoms with van der Waals surface area (Å²) in [6.07, 6.45) is 2.63. The fourth-order valence-electron chi connectivity index (χ4n) is 1.74. The Balaban J connectivity index is 1.87. The number of halogens is 1. The maximum absolute atomic E-state index is 5.95. The van der Waals surface area contributed by atoms with Gasteiger partial charge in [-0.1, -0.05) is 25.4 Å². The third-order valence-corrected chi connectivity index (χ3v) is 3.26. The number of hydrogen-bond donors (Lipinski definition) is 0. The Morgan fingerprint density at radius 2 is 2.17 bits per heavy atom. The highest BCUT2D eigenvalue weighted by Gasteiger charge is 2.25. The number of likely N-dealkylation sites (N-methyl/N-ethyl adjacent to an activating group) is 1. The first-order valence-electron chi connectivity index (χ1n) is 6.44. The zero-order valence-corrected chi connectivity index (χ0v) is 11.9. The van der Waals surface area contributed by atoms with E-state index in [9.17, 15) is 0 Å². The maximum Gasteiger partial charge on any atom is 0.218 e. The van der Waals surface area contributed by atoms with Crippen LogP contribution in [0.4, 0.5) is 0 Å². The number of ether oxygens (including phenoxy) is 1. The number of rotatable bonds is 6. The van der Waals surface area contributed by atoms with Gasteiger partial charge < -0.3 is 9.64 Å². The van der Waals surface area contributed by atoms with Crippen LogP contribution in [0, 0.1) is 0 Å². The van der Waals surface area contributed by atoms with Gasteiger partial charge in [0.1, 0.15) is 17.6 Å². The zero-order chi connectivity index (χ0) is 13.1. The van der Waals surface area contributed by atoms with E-state index < -0.39 is 0 Å². The first-order chi connectivity index (χ1) is 8.56. The summed E-state index contributed by atoms with van der Waals surface area (Å²) in [6, 6.07) is 2.43. The van der Waals surface area contributed by atoms with Gasteiger partial charge in [-0.05, 0) is 19.9 Å². The number of aromatic nitrogens is 2. The quantitative estimate of drug-likeness (QED) is 0.745. The van der Waals surface area contributed by atoms with Gasteiger partial charge in [-0.15, -0.1) is 0 Å². The number of nitrogens with zero attached hydrogens (tertiary/aromatic N) is 3. The first kappa shape index (κ1) is 13.6. The summed E-state index contributed by atoms with van der Waals surface area (Å²) in [6.45, 7) is 5.63. The molecule has 0 bridgehead atoms. The van der Waals surface area contributed by atoms with Crippen LogP contribution in [0.3, 0.4) is 0 Å². The van der Waals surface area contributed by atoms with Crippen molar-refractivity contribution in [2.24, 2.45) is 0 Å². The summed E-state index contributed by atoms with van der Waals surface area (Å²) in [5, 5.41) is 0.444. The van der Waals surface area contributed by atoms with E-state index in [1.54, 1.807) is 6.07 Å². The van der Waals surface area contributed by atoms with E-state index in [2.05, 4.69) is 21.9 Å². The molecule has 18 heavy (non-hydrogen) atoms. The van der Waals surface area contributed by atoms with Crippen molar-refractivity contribution in [3.05, 3.63) is 17.0 Å². The summed E-state index contributed by atoms with van der Waals surface area (Å²) in [4.78, 5) is 10.9. The van der Waals surface area contributed by atoms with Crippen molar-refractivity contribution in [1.82, 2.24) is 14.9 Å². The monoisotopic (exact) mass is 269 g/mol. The summed E-state index contributed by atoms with van der Waals surface area (Å²) in [5.41, 5.74) is 0. The second-order valence-corrected chi connectivity index (χ2v) is 5.49. The van der Waals surface area contributed by atoms with Crippen molar-refractivity contribution in [2.45, 2.75) is 38.6 Å². The predicted octanol–water partition coefficient (Wildman–Crippen LogP) is 2.73. The second kappa shape index (κ2) is 5.85. The topological polar surface area (TPSA) is 38.2 Å². The smallest absolute Gasteiger partial charge is 0.218 e. The van der Waals surface area contributed by atoms with Crippen molar-refractivity contribution in [3.63, 3.8) is 0 Å². The van der Waals surface area contributed by atoms with Crippen LogP contribution in [-0.4, -0.2) is 41.1 Å². The van der Waals surface area contributed by atoms with E-state index in [-0.39, 0.29) is 5.92 Å². The third kappa shape index (κ3) is 3.82. The largest absolute Gasteiger partial charge is 0.476 e. The van der Waals surface area contributed by atoms with Crippen LogP contribution >= 0.6 is 11.6 Å². The van der Waals surface area contributed by atoms with E-state index in [0.29, 0.717) is 17.6 Å². The van der Waals surface area contributed by atoms with Crippen molar-refractivity contribution in [2.75, 3.05) is 20.2 Å². The molecule has 2 rings (SSSR count). The highest BCUT2D eigenvalue weighted by molar-refractivity contribution is 6.29. The Morgan fingerprint density at radius 1 is 1.44 bits per heavy atom. The summed E-state index contributed by atoms with van der Waals surface area (Å²) < 4.78 is 5.65. The number of hydrogen-bond acceptors (Lipinski definition) is 4. The molecule has 1 aliphatic carbocycles. The minimum absolute atomic E-state index is 0.250. The molecule has 0 aromatic carbocycles. The molecule has 4 nitrogen and oxygen atoms in total. The molecule has 0 atom stereocenters. The van der Waals surface area contributed by atoms with Gasteiger partial charge in [-0.3, -0.25) is 0 Å². The van der Waals surface area contributed by atoms with Gasteiger partial charge in [-0.25, -0.2) is 4.98 Å². The molecule has 1 aromatic rings. The van der Waals surface area contributed by atoms with Crippen molar-refractivity contribution in [3.8, 4) is 5.88 Å². The normalized spacial score (nSPS) is 15.4. The lowest BCUT2D eigenvalue weighted by Gasteiger charge is -2.15. The van der Waals surface area contributed by atoms with Gasteiger partial charge in [-0.2, -0.15) is 4.98 Å². The summed E-state index contributed by atoms with van der Waals surface area (Å²) in [7, 11) is 2.13. The molecule has 0 radical (unpaired) electrons. The molecular weight excluding hydrogens is 250 g/mol. The zero-order valence-electron chi connectivity index (χ0n) is 11.2. The average Bonchev–Trinajstić information content (AvgIpc) is 3.11. The Morgan fingerprint density at radius 3 is 2.78 bits per heavy atom. The van der Waals surface area contributed by atoms with Crippen LogP contribution < -0.4 is 4.74 Å². The molecule has 0 aliphatic heterocycles. The van der Waals surface area contributed by atoms with Gasteiger partial charge in [0.25, 0.3) is 0 Å². The van der Waals surface area contributed by atoms with E-state index in [1.165, 1.54) is 12.8 Å². The Hall–Kier alpha value is -0.870. The van der Waals surface area contributed by atoms with Crippen LogP contribution in [0.25, 0.3) is 0 Å². The molecule has 1 heterocycles. The van der Waals surface area contributed by atoms with Crippen LogP contribution in [-0.2, 0) is 0 Å². The lowest BCUT2D eigenvalue weighted by Crippen LogP contribution is -2.26. The van der Waals surface area contributed by atoms with Gasteiger partial charge in [0, 0.05) is 24.6 Å². The summed E-state index contributed by atoms with van der Waals surface area (Å²) in [5.74, 6) is 1.55. The van der Waals surface area contributed by atoms with Crippen molar-refractivity contribution >= 4 is 11.6 Å². The molecule has 0 N–H and O–H groups in total. The van der Waals surface area contributed by atoms with Crippen LogP contribution in [0.1, 0.15) is 38.4 Å². The highest BCUT2D eigenvalue weighted by Crippen LogP contribution is 2.25. The Bertz CT molecular complexity index is 407. The fourth-order valence-corrected chi connectivity index (χ4v) is 1.92. The minimum Gasteiger partial charge on any atom is -0.476 e. The highest BCUT2D eigenvalue weighted by atomic mass is 35.5. The van der Waals surface area contributed by atoms with Gasteiger partial charge >= 0.3 is 0 Å². The van der Waals surface area contributed by atoms with Gasteiger partial charge in [0.05, 0.1) is 0 Å². The summed E-state index contributed by atoms with van der Waals surface area (Å²) >= 11 is 5.95. The van der Waals surface area contributed by atoms with Crippen molar-refractivity contribution < 1.29 is 4.74 Å². The SMILES string of the molecule is CC(C)c1nc(Cl)cc(OCCN(C)C2CC2)n1. The van der Waals surface area contributed by atoms with E-state index in [0.717, 1.165) is 18.4 Å². The average molecular weight is 270 g/mol. The van der Waals surface area contributed by atoms with E-state index >= 15 is 0 Å². The van der Waals surface area contributed by atoms with Crippen LogP contribution in [0.2, 0.25) is 5.15 Å². The van der Waals surface area contributed by atoms with E-state index in [1.807, 2.05) is 13.8 Å². The molecule has 1 aliphatic rings. The minimum atomic E-state index is 0.250. The molecule has 1 aromatic heterocycles. The first-order valence-corrected chi connectivity index (χ1v) is 6.81. The predicted molar refractivity (Wildman–Crippen MR) is 72.3 cm³/mol. The second-order valence-electron chi connectivity index (χ2n) is 5.10. The van der Waals surface area contributed by atoms with Crippen molar-refractivity contribution in [1.29, 1.82) is 0 Å². The molecule has 1 fully saturated rings. The molecule has 0 spiro atoms. The molecule has 100 valence electrons. The molecule has 5 heteroatoms. The molecular formula is C13H20ClN3O. The Kier molecular flexibility index (Phi) is 4.40. The lowest BCUT2D eigenvalue weighted by atomic mass is 10.2. The maximum atomic E-state index is 5.95. The van der Waals surface area contributed by atoms with Crippen LogP contribution in [0.15, 0.2) is 6.07 Å². The molecule has 1 saturated carbocycles. The van der Waals surface area contributed by atoms with Crippen LogP contribution in [0.5, 0.6) is 5.88 Å². The molecule has 0 saturated heterocycles. The Labute approximate surface area is 113 Å². The lowest BCUT2D eigenvalue weighted by molar-refractivity contribution is 0.225. The molecule has 0 amide bonds. The van der Waals surface area contributed by atoms with Gasteiger partial charge in [0.15, 0.2) is 0 Å². The fraction of sp³-hybridized carbons (Fsp3) is 0.692. The van der Waals surface area contributed by atoms with E-state index in [4.69, 9.17) is 16.3 Å². The third-order valence-electron chi connectivity index (χ3n) is 3.07. The van der Waals surface area contributed by atoms with Gasteiger partial charge in [0.2, 0.25) is 5.88 Å². The standard InChI is InChI=1S/C13H20ClN3O/c1-9(2)13-15-11(14)8-12(16-13)18-7-6-17(3)10-4-5-10/h8-10H,4-7H2,1-3H3. The molecule has 0 unspecified atom stereocenters.